The summed E-state index contributed by atoms with van der Waals surface area (Å²) in [7, 11) is 0. The summed E-state index contributed by atoms with van der Waals surface area (Å²) in [6.07, 6.45) is 1.75. The second-order valence-electron chi connectivity index (χ2n) is 8.19. The van der Waals surface area contributed by atoms with Gasteiger partial charge in [-0.15, -0.1) is 0 Å². The number of rotatable bonds is 4. The number of alkyl halides is 3. The third kappa shape index (κ3) is 5.60. The second kappa shape index (κ2) is 10.1. The van der Waals surface area contributed by atoms with E-state index in [0.717, 1.165) is 37.4 Å². The van der Waals surface area contributed by atoms with Gasteiger partial charge >= 0.3 is 12.1 Å². The zero-order valence-corrected chi connectivity index (χ0v) is 19.0. The lowest BCUT2D eigenvalue weighted by Gasteiger charge is -2.27. The molecule has 0 aliphatic carbocycles. The third-order valence-electron chi connectivity index (χ3n) is 5.80. The number of carboxylic acids is 1. The Kier molecular flexibility index (Phi) is 7.02. The van der Waals surface area contributed by atoms with Crippen LogP contribution in [-0.2, 0) is 24.3 Å². The summed E-state index contributed by atoms with van der Waals surface area (Å²) in [5, 5.41) is 15.1. The number of carbonyl (C=O) groups is 1. The van der Waals surface area contributed by atoms with E-state index < -0.39 is 12.1 Å². The van der Waals surface area contributed by atoms with Crippen LogP contribution in [0.1, 0.15) is 22.5 Å². The lowest BCUT2D eigenvalue weighted by atomic mass is 9.98. The number of pyridine rings is 1. The Morgan fingerprint density at radius 1 is 1.14 bits per heavy atom. The molecule has 4 aromatic rings. The van der Waals surface area contributed by atoms with Crippen LogP contribution in [0.4, 0.5) is 13.2 Å². The highest BCUT2D eigenvalue weighted by Gasteiger charge is 2.38. The fourth-order valence-corrected chi connectivity index (χ4v) is 4.07. The van der Waals surface area contributed by atoms with Crippen molar-refractivity contribution in [1.29, 1.82) is 0 Å². The van der Waals surface area contributed by atoms with Gasteiger partial charge in [0.25, 0.3) is 0 Å². The molecular formula is C25H24F3N5O2. The molecule has 0 spiro atoms. The number of nitrogens with one attached hydrogen (secondary N) is 1. The number of halogens is 3. The molecule has 7 nitrogen and oxygen atoms in total. The molecular weight excluding hydrogens is 459 g/mol. The van der Waals surface area contributed by atoms with Crippen LogP contribution in [0.15, 0.2) is 67.1 Å². The van der Waals surface area contributed by atoms with Crippen LogP contribution in [0.2, 0.25) is 0 Å². The molecule has 3 aromatic heterocycles. The molecule has 2 N–H and O–H groups in total. The van der Waals surface area contributed by atoms with Gasteiger partial charge in [0.1, 0.15) is 0 Å². The highest BCUT2D eigenvalue weighted by molar-refractivity contribution is 5.73. The van der Waals surface area contributed by atoms with Crippen LogP contribution < -0.4 is 0 Å². The largest absolute Gasteiger partial charge is 0.490 e. The molecule has 0 saturated heterocycles. The quantitative estimate of drug-likeness (QED) is 0.437. The molecule has 35 heavy (non-hydrogen) atoms. The standard InChI is InChI=1S/C23H23N5.C2HF3O2/c1-17-6-2-3-9-20(17)23-21-16-27(13-10-22(21)25-26-23)15-19-8-5-12-28(19)18-7-4-11-24-14-18;3-2(4,5)1(6)7/h2-9,11-12,14H,10,13,15-16H2,1H3,(H,25,26);(H,6,7). The molecule has 0 atom stereocenters. The van der Waals surface area contributed by atoms with Crippen LogP contribution in [0, 0.1) is 6.92 Å². The average molecular weight is 483 g/mol. The third-order valence-corrected chi connectivity index (χ3v) is 5.80. The second-order valence-corrected chi connectivity index (χ2v) is 8.19. The maximum Gasteiger partial charge on any atom is 0.490 e. The van der Waals surface area contributed by atoms with Crippen molar-refractivity contribution in [2.75, 3.05) is 6.54 Å². The van der Waals surface area contributed by atoms with E-state index in [-0.39, 0.29) is 0 Å². The van der Waals surface area contributed by atoms with Gasteiger partial charge in [0, 0.05) is 61.0 Å². The molecule has 10 heteroatoms. The van der Waals surface area contributed by atoms with Gasteiger partial charge in [0.2, 0.25) is 0 Å². The Morgan fingerprint density at radius 3 is 2.60 bits per heavy atom. The van der Waals surface area contributed by atoms with Gasteiger partial charge in [-0.05, 0) is 36.8 Å². The summed E-state index contributed by atoms with van der Waals surface area (Å²) in [6.45, 7) is 4.99. The number of fused-ring (bicyclic) bond motifs is 1. The maximum atomic E-state index is 10.6. The average Bonchev–Trinajstić information content (AvgIpc) is 3.47. The minimum Gasteiger partial charge on any atom is -0.475 e. The Morgan fingerprint density at radius 2 is 1.91 bits per heavy atom. The molecule has 0 unspecified atom stereocenters. The molecule has 5 rings (SSSR count). The molecule has 0 bridgehead atoms. The van der Waals surface area contributed by atoms with Crippen molar-refractivity contribution in [3.63, 3.8) is 0 Å². The number of hydrogen-bond acceptors (Lipinski definition) is 4. The van der Waals surface area contributed by atoms with E-state index >= 15 is 0 Å². The Balaban J connectivity index is 0.000000364. The van der Waals surface area contributed by atoms with E-state index in [1.165, 1.54) is 28.1 Å². The molecule has 1 aliphatic heterocycles. The first-order valence-electron chi connectivity index (χ1n) is 10.9. The first-order chi connectivity index (χ1) is 16.7. The number of aromatic nitrogens is 4. The summed E-state index contributed by atoms with van der Waals surface area (Å²) >= 11 is 0. The van der Waals surface area contributed by atoms with Gasteiger partial charge in [-0.25, -0.2) is 4.79 Å². The smallest absolute Gasteiger partial charge is 0.475 e. The van der Waals surface area contributed by atoms with Gasteiger partial charge in [0.15, 0.2) is 0 Å². The molecule has 0 radical (unpaired) electrons. The lowest BCUT2D eigenvalue weighted by Crippen LogP contribution is -2.30. The van der Waals surface area contributed by atoms with Crippen molar-refractivity contribution in [3.05, 3.63) is 89.6 Å². The first kappa shape index (κ1) is 24.2. The maximum absolute atomic E-state index is 10.6. The van der Waals surface area contributed by atoms with E-state index in [4.69, 9.17) is 9.90 Å². The van der Waals surface area contributed by atoms with Crippen LogP contribution >= 0.6 is 0 Å². The molecule has 1 aliphatic rings. The van der Waals surface area contributed by atoms with E-state index in [0.29, 0.717) is 0 Å². The topological polar surface area (TPSA) is 87.0 Å². The molecule has 0 amide bonds. The Labute approximate surface area is 199 Å². The summed E-state index contributed by atoms with van der Waals surface area (Å²) in [6, 6.07) is 16.9. The molecule has 4 heterocycles. The molecule has 1 aromatic carbocycles. The van der Waals surface area contributed by atoms with E-state index in [1.54, 1.807) is 0 Å². The summed E-state index contributed by atoms with van der Waals surface area (Å²) < 4.78 is 34.0. The van der Waals surface area contributed by atoms with Crippen molar-refractivity contribution >= 4 is 5.97 Å². The zero-order chi connectivity index (χ0) is 25.0. The number of hydrogen-bond donors (Lipinski definition) is 2. The van der Waals surface area contributed by atoms with Crippen molar-refractivity contribution in [3.8, 4) is 16.9 Å². The first-order valence-corrected chi connectivity index (χ1v) is 10.9. The summed E-state index contributed by atoms with van der Waals surface area (Å²) in [5.74, 6) is -2.76. The van der Waals surface area contributed by atoms with E-state index in [9.17, 15) is 13.2 Å². The molecule has 0 saturated carbocycles. The van der Waals surface area contributed by atoms with Gasteiger partial charge in [-0.3, -0.25) is 15.0 Å². The summed E-state index contributed by atoms with van der Waals surface area (Å²) in [5.41, 5.74) is 8.57. The number of benzene rings is 1. The number of aliphatic carboxylic acids is 1. The monoisotopic (exact) mass is 483 g/mol. The van der Waals surface area contributed by atoms with Crippen molar-refractivity contribution < 1.29 is 23.1 Å². The SMILES string of the molecule is Cc1ccccc1-c1n[nH]c2c1CN(Cc1cccn1-c1cccnc1)CC2.O=C(O)C(F)(F)F. The van der Waals surface area contributed by atoms with Gasteiger partial charge < -0.3 is 9.67 Å². The summed E-state index contributed by atoms with van der Waals surface area (Å²) in [4.78, 5) is 15.7. The number of aromatic amines is 1. The highest BCUT2D eigenvalue weighted by atomic mass is 19.4. The highest BCUT2D eigenvalue weighted by Crippen LogP contribution is 2.31. The fraction of sp³-hybridized carbons (Fsp3) is 0.240. The van der Waals surface area contributed by atoms with E-state index in [1.807, 2.05) is 18.5 Å². The van der Waals surface area contributed by atoms with Gasteiger partial charge in [0.05, 0.1) is 17.6 Å². The molecule has 0 fully saturated rings. The van der Waals surface area contributed by atoms with Crippen molar-refractivity contribution in [1.82, 2.24) is 24.6 Å². The van der Waals surface area contributed by atoms with Crippen molar-refractivity contribution in [2.45, 2.75) is 32.6 Å². The van der Waals surface area contributed by atoms with E-state index in [2.05, 4.69) is 80.2 Å². The minimum absolute atomic E-state index is 0.903. The normalized spacial score (nSPS) is 13.6. The predicted octanol–water partition coefficient (Wildman–Crippen LogP) is 4.76. The van der Waals surface area contributed by atoms with Crippen LogP contribution in [-0.4, -0.2) is 48.4 Å². The lowest BCUT2D eigenvalue weighted by molar-refractivity contribution is -0.192. The Hall–Kier alpha value is -3.92. The van der Waals surface area contributed by atoms with Crippen LogP contribution in [0.3, 0.4) is 0 Å². The predicted molar refractivity (Wildman–Crippen MR) is 124 cm³/mol. The fourth-order valence-electron chi connectivity index (χ4n) is 4.07. The zero-order valence-electron chi connectivity index (χ0n) is 19.0. The minimum atomic E-state index is -5.08. The number of nitrogens with zero attached hydrogens (tertiary/aromatic N) is 4. The number of aryl methyl sites for hydroxylation is 1. The van der Waals surface area contributed by atoms with Gasteiger partial charge in [-0.2, -0.15) is 18.3 Å². The number of H-pyrrole nitrogens is 1. The van der Waals surface area contributed by atoms with Gasteiger partial charge in [-0.1, -0.05) is 24.3 Å². The van der Waals surface area contributed by atoms with Crippen LogP contribution in [0.5, 0.6) is 0 Å². The van der Waals surface area contributed by atoms with Crippen LogP contribution in [0.25, 0.3) is 16.9 Å². The molecule has 182 valence electrons. The number of carboxylic acid groups (broad SMARTS) is 1. The Bertz CT molecular complexity index is 1300. The van der Waals surface area contributed by atoms with Crippen molar-refractivity contribution in [2.24, 2.45) is 0 Å².